The fourth-order valence-corrected chi connectivity index (χ4v) is 5.23. The number of nitrogens with zero attached hydrogens (tertiary/aromatic N) is 3. The number of rotatable bonds is 10. The number of unbranched alkanes of at least 4 members (excludes halogenated alkanes) is 1. The molecule has 12 nitrogen and oxygen atoms in total. The number of benzene rings is 1. The molecule has 1 aromatic rings. The minimum Gasteiger partial charge on any atom is -0.480 e. The van der Waals surface area contributed by atoms with Crippen LogP contribution in [0.2, 0.25) is 0 Å². The molecular formula is C26H33BrN4O8. The van der Waals surface area contributed by atoms with Crippen molar-refractivity contribution in [2.24, 2.45) is 0 Å². The second-order valence-corrected chi connectivity index (χ2v) is 9.56. The number of carboxylic acid groups (broad SMARTS) is 1. The molecule has 13 heteroatoms. The molecule has 3 aliphatic rings. The minimum absolute atomic E-state index is 0. The van der Waals surface area contributed by atoms with Crippen molar-refractivity contribution in [3.8, 4) is 0 Å². The van der Waals surface area contributed by atoms with Crippen LogP contribution in [0, 0.1) is 0 Å². The number of hydrogen-bond donors (Lipinski definition) is 2. The normalized spacial score (nSPS) is 21.6. The van der Waals surface area contributed by atoms with Crippen molar-refractivity contribution in [1.29, 1.82) is 0 Å². The highest BCUT2D eigenvalue weighted by Crippen LogP contribution is 2.26. The number of fused-ring (bicyclic) bond motifs is 2. The second-order valence-electron chi connectivity index (χ2n) is 9.56. The van der Waals surface area contributed by atoms with Crippen molar-refractivity contribution >= 4 is 52.5 Å². The van der Waals surface area contributed by atoms with Crippen LogP contribution in [0.25, 0.3) is 0 Å². The summed E-state index contributed by atoms with van der Waals surface area (Å²) in [6.07, 6.45) is 1.98. The Kier molecular flexibility index (Phi) is 10.2. The molecule has 3 heterocycles. The quantitative estimate of drug-likeness (QED) is 0.229. The predicted octanol–water partition coefficient (Wildman–Crippen LogP) is 1.53. The van der Waals surface area contributed by atoms with E-state index in [0.717, 1.165) is 5.01 Å². The van der Waals surface area contributed by atoms with Gasteiger partial charge < -0.3 is 9.84 Å². The lowest BCUT2D eigenvalue weighted by Gasteiger charge is -2.42. The van der Waals surface area contributed by atoms with Crippen molar-refractivity contribution in [3.63, 3.8) is 0 Å². The van der Waals surface area contributed by atoms with Gasteiger partial charge in [0.25, 0.3) is 17.7 Å². The summed E-state index contributed by atoms with van der Waals surface area (Å²) < 4.78 is 5.19. The molecule has 0 aliphatic carbocycles. The molecule has 2 saturated heterocycles. The average Bonchev–Trinajstić information content (AvgIpc) is 3.08. The van der Waals surface area contributed by atoms with E-state index in [1.54, 1.807) is 31.2 Å². The van der Waals surface area contributed by atoms with E-state index in [9.17, 15) is 33.9 Å². The molecule has 0 bridgehead atoms. The molecule has 3 atom stereocenters. The fourth-order valence-electron chi connectivity index (χ4n) is 5.23. The number of amides is 4. The van der Waals surface area contributed by atoms with Crippen molar-refractivity contribution in [1.82, 2.24) is 20.2 Å². The van der Waals surface area contributed by atoms with E-state index >= 15 is 0 Å². The molecule has 39 heavy (non-hydrogen) atoms. The topological polar surface area (TPSA) is 154 Å². The minimum atomic E-state index is -1.19. The van der Waals surface area contributed by atoms with Crippen molar-refractivity contribution in [3.05, 3.63) is 35.4 Å². The zero-order valence-electron chi connectivity index (χ0n) is 21.7. The van der Waals surface area contributed by atoms with E-state index in [2.05, 4.69) is 5.32 Å². The standard InChI is InChI=1S/C26H32N4O8.BrH/c1-2-38-26(37)19(10-5-6-14-28-22(32)16-8-3-4-9-17(16)23(28)33)27-18-12-13-21(31)29-15-7-11-20(25(35)36)30(29)24(18)34;/h3-4,8-9,18-20,27H,2,5-7,10-15H2,1H3,(H,35,36);1H/t18-,19+,20-;/m0./s1. The molecule has 3 aliphatic heterocycles. The summed E-state index contributed by atoms with van der Waals surface area (Å²) >= 11 is 0. The Morgan fingerprint density at radius 3 is 2.36 bits per heavy atom. The van der Waals surface area contributed by atoms with Gasteiger partial charge in [-0.3, -0.25) is 39.2 Å². The number of imide groups is 1. The number of aliphatic carboxylic acids is 1. The number of carbonyl (C=O) groups excluding carboxylic acids is 5. The van der Waals surface area contributed by atoms with Gasteiger partial charge in [0.05, 0.1) is 23.8 Å². The largest absolute Gasteiger partial charge is 0.480 e. The summed E-state index contributed by atoms with van der Waals surface area (Å²) in [5, 5.41) is 14.9. The van der Waals surface area contributed by atoms with Crippen molar-refractivity contribution < 1.29 is 38.6 Å². The lowest BCUT2D eigenvalue weighted by atomic mass is 10.0. The zero-order chi connectivity index (χ0) is 27.4. The first-order chi connectivity index (χ1) is 18.2. The van der Waals surface area contributed by atoms with Crippen molar-refractivity contribution in [2.75, 3.05) is 19.7 Å². The van der Waals surface area contributed by atoms with Gasteiger partial charge in [0, 0.05) is 19.5 Å². The Labute approximate surface area is 236 Å². The average molecular weight is 609 g/mol. The maximum atomic E-state index is 13.4. The van der Waals surface area contributed by atoms with Crippen LogP contribution in [0.1, 0.15) is 72.6 Å². The van der Waals surface area contributed by atoms with Crippen LogP contribution < -0.4 is 5.32 Å². The molecule has 4 amide bonds. The van der Waals surface area contributed by atoms with Gasteiger partial charge >= 0.3 is 11.9 Å². The molecular weight excluding hydrogens is 576 g/mol. The molecule has 0 spiro atoms. The summed E-state index contributed by atoms with van der Waals surface area (Å²) in [6.45, 7) is 2.24. The Morgan fingerprint density at radius 2 is 1.74 bits per heavy atom. The maximum absolute atomic E-state index is 13.4. The Morgan fingerprint density at radius 1 is 1.08 bits per heavy atom. The van der Waals surface area contributed by atoms with Gasteiger partial charge in [0.2, 0.25) is 5.91 Å². The molecule has 0 radical (unpaired) electrons. The van der Waals surface area contributed by atoms with E-state index < -0.39 is 36.0 Å². The van der Waals surface area contributed by atoms with Crippen molar-refractivity contribution in [2.45, 2.75) is 70.0 Å². The first kappa shape index (κ1) is 30.2. The van der Waals surface area contributed by atoms with Gasteiger partial charge in [-0.15, -0.1) is 17.0 Å². The molecule has 2 fully saturated rings. The smallest absolute Gasteiger partial charge is 0.328 e. The third-order valence-electron chi connectivity index (χ3n) is 7.12. The molecule has 4 rings (SSSR count). The van der Waals surface area contributed by atoms with E-state index in [4.69, 9.17) is 4.74 Å². The molecule has 1 aromatic carbocycles. The summed E-state index contributed by atoms with van der Waals surface area (Å²) in [7, 11) is 0. The highest BCUT2D eigenvalue weighted by atomic mass is 79.9. The van der Waals surface area contributed by atoms with Gasteiger partial charge in [-0.2, -0.15) is 0 Å². The van der Waals surface area contributed by atoms with Crippen LogP contribution in [0.3, 0.4) is 0 Å². The highest BCUT2D eigenvalue weighted by Gasteiger charge is 2.45. The molecule has 2 N–H and O–H groups in total. The van der Waals surface area contributed by atoms with E-state index in [1.165, 1.54) is 9.91 Å². The molecule has 0 aromatic heterocycles. The monoisotopic (exact) mass is 608 g/mol. The van der Waals surface area contributed by atoms with Gasteiger partial charge in [0.15, 0.2) is 6.04 Å². The van der Waals surface area contributed by atoms with E-state index in [0.29, 0.717) is 30.4 Å². The number of halogens is 1. The lowest BCUT2D eigenvalue weighted by molar-refractivity contribution is -0.181. The molecule has 0 saturated carbocycles. The Bertz CT molecular complexity index is 1110. The molecule has 0 unspecified atom stereocenters. The summed E-state index contributed by atoms with van der Waals surface area (Å²) in [5.41, 5.74) is 0.743. The first-order valence-corrected chi connectivity index (χ1v) is 13.0. The number of hydrogen-bond acceptors (Lipinski definition) is 8. The van der Waals surface area contributed by atoms with Crippen LogP contribution in [-0.4, -0.2) is 93.4 Å². The SMILES string of the molecule is Br.CCOC(=O)[C@@H](CCCCN1C(=O)c2ccccc2C1=O)N[C@H]1CCC(=O)N2CCC[C@@H](C(=O)O)N2C1=O. The van der Waals surface area contributed by atoms with Gasteiger partial charge in [0.1, 0.15) is 6.04 Å². The first-order valence-electron chi connectivity index (χ1n) is 13.0. The number of carbonyl (C=O) groups is 6. The fraction of sp³-hybridized carbons (Fsp3) is 0.538. The van der Waals surface area contributed by atoms with E-state index in [-0.39, 0.29) is 80.1 Å². The Hall–Kier alpha value is -3.32. The third kappa shape index (κ3) is 6.30. The number of hydrazine groups is 1. The maximum Gasteiger partial charge on any atom is 0.328 e. The van der Waals surface area contributed by atoms with Gasteiger partial charge in [-0.1, -0.05) is 12.1 Å². The van der Waals surface area contributed by atoms with E-state index in [1.807, 2.05) is 0 Å². The zero-order valence-corrected chi connectivity index (χ0v) is 23.4. The summed E-state index contributed by atoms with van der Waals surface area (Å²) in [4.78, 5) is 77.0. The number of nitrogens with one attached hydrogen (secondary N) is 1. The van der Waals surface area contributed by atoms with Gasteiger partial charge in [-0.05, 0) is 57.6 Å². The van der Waals surface area contributed by atoms with Crippen LogP contribution in [-0.2, 0) is 23.9 Å². The number of carboxylic acids is 1. The lowest BCUT2D eigenvalue weighted by Crippen LogP contribution is -2.62. The number of esters is 1. The molecule has 212 valence electrons. The van der Waals surface area contributed by atoms with Crippen LogP contribution >= 0.6 is 17.0 Å². The predicted molar refractivity (Wildman–Crippen MR) is 142 cm³/mol. The Balaban J connectivity index is 0.00000420. The van der Waals surface area contributed by atoms with Crippen LogP contribution in [0.15, 0.2) is 24.3 Å². The van der Waals surface area contributed by atoms with Crippen LogP contribution in [0.5, 0.6) is 0 Å². The highest BCUT2D eigenvalue weighted by molar-refractivity contribution is 8.93. The number of ether oxygens (including phenoxy) is 1. The second kappa shape index (κ2) is 13.2. The summed E-state index contributed by atoms with van der Waals surface area (Å²) in [5.74, 6) is -3.35. The van der Waals surface area contributed by atoms with Crippen LogP contribution in [0.4, 0.5) is 0 Å². The van der Waals surface area contributed by atoms with Gasteiger partial charge in [-0.25, -0.2) is 9.80 Å². The third-order valence-corrected chi connectivity index (χ3v) is 7.12. The summed E-state index contributed by atoms with van der Waals surface area (Å²) in [6, 6.07) is 3.64.